The van der Waals surface area contributed by atoms with Gasteiger partial charge < -0.3 is 21.7 Å². The molecule has 0 atom stereocenters. The monoisotopic (exact) mass is 332 g/mol. The highest BCUT2D eigenvalue weighted by molar-refractivity contribution is 5.85. The van der Waals surface area contributed by atoms with Crippen LogP contribution in [0.5, 0.6) is 0 Å². The fraction of sp³-hybridized carbons (Fsp3) is 0.867. The number of carbonyl (C=O) groups is 2. The van der Waals surface area contributed by atoms with Crippen molar-refractivity contribution in [2.75, 3.05) is 13.1 Å². The molecule has 0 saturated heterocycles. The van der Waals surface area contributed by atoms with E-state index >= 15 is 0 Å². The SMILES string of the molecule is Cl.NCC1(NC(=O)CNC(=O)NC2CCCCC2)CCCC1. The number of amides is 3. The van der Waals surface area contributed by atoms with Crippen LogP contribution in [-0.4, -0.2) is 36.6 Å². The lowest BCUT2D eigenvalue weighted by Gasteiger charge is -2.29. The molecule has 2 aliphatic rings. The van der Waals surface area contributed by atoms with Crippen molar-refractivity contribution in [2.24, 2.45) is 5.73 Å². The molecular weight excluding hydrogens is 304 g/mol. The summed E-state index contributed by atoms with van der Waals surface area (Å²) in [5.74, 6) is -0.152. The molecule has 2 fully saturated rings. The van der Waals surface area contributed by atoms with Gasteiger partial charge in [-0.15, -0.1) is 12.4 Å². The molecule has 0 spiro atoms. The molecule has 0 aromatic carbocycles. The first kappa shape index (κ1) is 19.0. The number of nitrogens with one attached hydrogen (secondary N) is 3. The molecule has 2 rings (SSSR count). The first-order valence-electron chi connectivity index (χ1n) is 8.19. The predicted octanol–water partition coefficient (Wildman–Crippen LogP) is 1.43. The molecule has 3 amide bonds. The second kappa shape index (κ2) is 9.20. The predicted molar refractivity (Wildman–Crippen MR) is 89.1 cm³/mol. The number of hydrogen-bond acceptors (Lipinski definition) is 3. The molecule has 0 radical (unpaired) electrons. The molecule has 2 saturated carbocycles. The molecule has 0 aromatic rings. The minimum atomic E-state index is -0.251. The Kier molecular flexibility index (Phi) is 7.96. The number of hydrogen-bond donors (Lipinski definition) is 4. The first-order chi connectivity index (χ1) is 10.1. The van der Waals surface area contributed by atoms with Gasteiger partial charge in [0, 0.05) is 12.6 Å². The summed E-state index contributed by atoms with van der Waals surface area (Å²) in [4.78, 5) is 23.7. The van der Waals surface area contributed by atoms with Gasteiger partial charge in [0.1, 0.15) is 0 Å². The van der Waals surface area contributed by atoms with E-state index in [9.17, 15) is 9.59 Å². The minimum Gasteiger partial charge on any atom is -0.348 e. The van der Waals surface area contributed by atoms with Gasteiger partial charge in [-0.05, 0) is 25.7 Å². The summed E-state index contributed by atoms with van der Waals surface area (Å²) >= 11 is 0. The van der Waals surface area contributed by atoms with Gasteiger partial charge in [0.2, 0.25) is 5.91 Å². The van der Waals surface area contributed by atoms with Crippen LogP contribution in [0, 0.1) is 0 Å². The summed E-state index contributed by atoms with van der Waals surface area (Å²) in [5.41, 5.74) is 5.53. The van der Waals surface area contributed by atoms with Crippen molar-refractivity contribution in [3.63, 3.8) is 0 Å². The van der Waals surface area contributed by atoms with Crippen molar-refractivity contribution in [1.29, 1.82) is 0 Å². The second-order valence-electron chi connectivity index (χ2n) is 6.40. The number of carbonyl (C=O) groups excluding carboxylic acids is 2. The van der Waals surface area contributed by atoms with Crippen LogP contribution in [0.15, 0.2) is 0 Å². The lowest BCUT2D eigenvalue weighted by Crippen LogP contribution is -2.55. The van der Waals surface area contributed by atoms with Crippen LogP contribution in [0.3, 0.4) is 0 Å². The molecule has 6 nitrogen and oxygen atoms in total. The Balaban J connectivity index is 0.00000242. The zero-order valence-corrected chi connectivity index (χ0v) is 14.0. The van der Waals surface area contributed by atoms with Crippen molar-refractivity contribution >= 4 is 24.3 Å². The van der Waals surface area contributed by atoms with E-state index in [1.54, 1.807) is 0 Å². The van der Waals surface area contributed by atoms with Crippen molar-refractivity contribution in [3.05, 3.63) is 0 Å². The number of rotatable bonds is 5. The number of urea groups is 1. The fourth-order valence-electron chi connectivity index (χ4n) is 3.42. The lowest BCUT2D eigenvalue weighted by molar-refractivity contribution is -0.121. The molecule has 0 aliphatic heterocycles. The zero-order valence-electron chi connectivity index (χ0n) is 13.2. The Morgan fingerprint density at radius 1 is 1.05 bits per heavy atom. The van der Waals surface area contributed by atoms with Crippen LogP contribution in [-0.2, 0) is 4.79 Å². The van der Waals surface area contributed by atoms with Gasteiger partial charge in [-0.25, -0.2) is 4.79 Å². The van der Waals surface area contributed by atoms with Gasteiger partial charge in [0.25, 0.3) is 0 Å². The molecule has 128 valence electrons. The third kappa shape index (κ3) is 5.65. The van der Waals surface area contributed by atoms with E-state index in [1.807, 2.05) is 0 Å². The summed E-state index contributed by atoms with van der Waals surface area (Å²) < 4.78 is 0. The molecule has 0 bridgehead atoms. The summed E-state index contributed by atoms with van der Waals surface area (Å²) in [6.45, 7) is 0.479. The van der Waals surface area contributed by atoms with Gasteiger partial charge in [0.15, 0.2) is 0 Å². The first-order valence-corrected chi connectivity index (χ1v) is 8.19. The molecule has 7 heteroatoms. The molecule has 5 N–H and O–H groups in total. The fourth-order valence-corrected chi connectivity index (χ4v) is 3.42. The summed E-state index contributed by atoms with van der Waals surface area (Å²) in [6, 6.07) is 0.0114. The van der Waals surface area contributed by atoms with E-state index in [1.165, 1.54) is 19.3 Å². The standard InChI is InChI=1S/C15H28N4O2.ClH/c16-11-15(8-4-5-9-15)19-13(20)10-17-14(21)18-12-6-2-1-3-7-12;/h12H,1-11,16H2,(H,19,20)(H2,17,18,21);1H. The molecular formula is C15H29ClN4O2. The molecule has 0 unspecified atom stereocenters. The summed E-state index contributed by atoms with van der Waals surface area (Å²) in [6.07, 6.45) is 9.75. The Morgan fingerprint density at radius 3 is 2.27 bits per heavy atom. The number of nitrogens with two attached hydrogens (primary N) is 1. The normalized spacial score (nSPS) is 20.8. The third-order valence-electron chi connectivity index (χ3n) is 4.71. The van der Waals surface area contributed by atoms with E-state index in [0.29, 0.717) is 6.54 Å². The highest BCUT2D eigenvalue weighted by Gasteiger charge is 2.33. The van der Waals surface area contributed by atoms with Gasteiger partial charge in [-0.2, -0.15) is 0 Å². The maximum Gasteiger partial charge on any atom is 0.315 e. The average molecular weight is 333 g/mol. The largest absolute Gasteiger partial charge is 0.348 e. The zero-order chi connectivity index (χ0) is 15.1. The Bertz CT molecular complexity index is 367. The molecule has 0 heterocycles. The minimum absolute atomic E-state index is 0. The Hall–Kier alpha value is -1.01. The second-order valence-corrected chi connectivity index (χ2v) is 6.40. The van der Waals surface area contributed by atoms with Crippen LogP contribution in [0.25, 0.3) is 0 Å². The molecule has 2 aliphatic carbocycles. The summed E-state index contributed by atoms with van der Waals surface area (Å²) in [5, 5.41) is 8.57. The lowest BCUT2D eigenvalue weighted by atomic mass is 9.96. The molecule has 22 heavy (non-hydrogen) atoms. The maximum absolute atomic E-state index is 12.0. The van der Waals surface area contributed by atoms with E-state index in [-0.39, 0.29) is 42.5 Å². The van der Waals surface area contributed by atoms with E-state index in [4.69, 9.17) is 5.73 Å². The van der Waals surface area contributed by atoms with Crippen LogP contribution >= 0.6 is 12.4 Å². The van der Waals surface area contributed by atoms with Crippen molar-refractivity contribution in [2.45, 2.75) is 69.4 Å². The van der Waals surface area contributed by atoms with Crippen molar-refractivity contribution < 1.29 is 9.59 Å². The van der Waals surface area contributed by atoms with E-state index < -0.39 is 0 Å². The maximum atomic E-state index is 12.0. The van der Waals surface area contributed by atoms with Gasteiger partial charge >= 0.3 is 6.03 Å². The van der Waals surface area contributed by atoms with E-state index in [2.05, 4.69) is 16.0 Å². The van der Waals surface area contributed by atoms with Gasteiger partial charge in [-0.1, -0.05) is 32.1 Å². The van der Waals surface area contributed by atoms with Crippen LogP contribution in [0.4, 0.5) is 4.79 Å². The summed E-state index contributed by atoms with van der Waals surface area (Å²) in [7, 11) is 0. The highest BCUT2D eigenvalue weighted by atomic mass is 35.5. The highest BCUT2D eigenvalue weighted by Crippen LogP contribution is 2.28. The quantitative estimate of drug-likeness (QED) is 0.613. The van der Waals surface area contributed by atoms with E-state index in [0.717, 1.165) is 38.5 Å². The van der Waals surface area contributed by atoms with Crippen LogP contribution in [0.2, 0.25) is 0 Å². The molecule has 0 aromatic heterocycles. The van der Waals surface area contributed by atoms with Gasteiger partial charge in [0.05, 0.1) is 12.1 Å². The Morgan fingerprint density at radius 2 is 1.68 bits per heavy atom. The average Bonchev–Trinajstić information content (AvgIpc) is 2.95. The third-order valence-corrected chi connectivity index (χ3v) is 4.71. The Labute approximate surface area is 138 Å². The van der Waals surface area contributed by atoms with Crippen LogP contribution in [0.1, 0.15) is 57.8 Å². The van der Waals surface area contributed by atoms with Crippen LogP contribution < -0.4 is 21.7 Å². The van der Waals surface area contributed by atoms with Gasteiger partial charge in [-0.3, -0.25) is 4.79 Å². The van der Waals surface area contributed by atoms with Crippen molar-refractivity contribution in [1.82, 2.24) is 16.0 Å². The van der Waals surface area contributed by atoms with Crippen molar-refractivity contribution in [3.8, 4) is 0 Å². The topological polar surface area (TPSA) is 96.2 Å². The number of halogens is 1. The smallest absolute Gasteiger partial charge is 0.315 e.